The summed E-state index contributed by atoms with van der Waals surface area (Å²) < 4.78 is 5.70. The maximum atomic E-state index is 5.70. The molecular formula is C12H18N2O. The third-order valence-electron chi connectivity index (χ3n) is 2.83. The molecule has 2 rings (SSSR count). The van der Waals surface area contributed by atoms with E-state index < -0.39 is 0 Å². The van der Waals surface area contributed by atoms with Gasteiger partial charge in [-0.25, -0.2) is 0 Å². The van der Waals surface area contributed by atoms with Crippen LogP contribution in [0.2, 0.25) is 0 Å². The van der Waals surface area contributed by atoms with Crippen LogP contribution in [0.15, 0.2) is 24.4 Å². The van der Waals surface area contributed by atoms with E-state index in [2.05, 4.69) is 17.2 Å². The fourth-order valence-corrected chi connectivity index (χ4v) is 1.93. The average molecular weight is 206 g/mol. The van der Waals surface area contributed by atoms with Crippen molar-refractivity contribution in [1.29, 1.82) is 0 Å². The first kappa shape index (κ1) is 10.6. The summed E-state index contributed by atoms with van der Waals surface area (Å²) in [6.07, 6.45) is 4.16. The van der Waals surface area contributed by atoms with Crippen LogP contribution in [-0.2, 0) is 11.3 Å². The van der Waals surface area contributed by atoms with Crippen molar-refractivity contribution in [2.45, 2.75) is 31.9 Å². The molecule has 0 spiro atoms. The fraction of sp³-hybridized carbons (Fsp3) is 0.583. The summed E-state index contributed by atoms with van der Waals surface area (Å²) in [5.74, 6) is 0. The zero-order valence-corrected chi connectivity index (χ0v) is 9.20. The lowest BCUT2D eigenvalue weighted by Gasteiger charge is -2.23. The Kier molecular flexibility index (Phi) is 3.34. The van der Waals surface area contributed by atoms with Crippen molar-refractivity contribution in [2.24, 2.45) is 0 Å². The van der Waals surface area contributed by atoms with Crippen LogP contribution < -0.4 is 5.32 Å². The van der Waals surface area contributed by atoms with Gasteiger partial charge in [-0.2, -0.15) is 0 Å². The first-order chi connectivity index (χ1) is 7.29. The Morgan fingerprint density at radius 3 is 3.13 bits per heavy atom. The Labute approximate surface area is 90.9 Å². The summed E-state index contributed by atoms with van der Waals surface area (Å²) in [6, 6.07) is 5.98. The maximum Gasteiger partial charge on any atom is 0.0779 e. The van der Waals surface area contributed by atoms with Crippen LogP contribution in [0.4, 0.5) is 0 Å². The van der Waals surface area contributed by atoms with Crippen molar-refractivity contribution in [2.75, 3.05) is 13.2 Å². The van der Waals surface area contributed by atoms with Gasteiger partial charge in [0.25, 0.3) is 0 Å². The molecule has 3 heteroatoms. The molecule has 15 heavy (non-hydrogen) atoms. The minimum Gasteiger partial charge on any atom is -0.374 e. The fourth-order valence-electron chi connectivity index (χ4n) is 1.93. The number of rotatable bonds is 4. The molecule has 0 aliphatic carbocycles. The van der Waals surface area contributed by atoms with Crippen LogP contribution in [0, 0.1) is 0 Å². The van der Waals surface area contributed by atoms with E-state index in [-0.39, 0.29) is 5.60 Å². The van der Waals surface area contributed by atoms with E-state index in [1.54, 1.807) is 0 Å². The molecule has 1 aliphatic heterocycles. The number of pyridine rings is 1. The minimum absolute atomic E-state index is 0.0365. The predicted molar refractivity (Wildman–Crippen MR) is 59.5 cm³/mol. The molecule has 1 aliphatic rings. The number of hydrogen-bond acceptors (Lipinski definition) is 3. The molecule has 1 unspecified atom stereocenters. The summed E-state index contributed by atoms with van der Waals surface area (Å²) in [5, 5.41) is 3.40. The first-order valence-electron chi connectivity index (χ1n) is 5.53. The molecule has 1 aromatic heterocycles. The SMILES string of the molecule is CC1(CNCc2ccccn2)CCCO1. The molecule has 3 nitrogen and oxygen atoms in total. The second-order valence-electron chi connectivity index (χ2n) is 4.33. The molecule has 0 saturated carbocycles. The van der Waals surface area contributed by atoms with E-state index in [1.165, 1.54) is 6.42 Å². The normalized spacial score (nSPS) is 25.7. The van der Waals surface area contributed by atoms with E-state index >= 15 is 0 Å². The van der Waals surface area contributed by atoms with Gasteiger partial charge in [0.05, 0.1) is 11.3 Å². The first-order valence-corrected chi connectivity index (χ1v) is 5.53. The Morgan fingerprint density at radius 2 is 2.47 bits per heavy atom. The highest BCUT2D eigenvalue weighted by atomic mass is 16.5. The minimum atomic E-state index is 0.0365. The summed E-state index contributed by atoms with van der Waals surface area (Å²) in [4.78, 5) is 4.26. The summed E-state index contributed by atoms with van der Waals surface area (Å²) in [5.41, 5.74) is 1.12. The second-order valence-corrected chi connectivity index (χ2v) is 4.33. The lowest BCUT2D eigenvalue weighted by atomic mass is 10.0. The third kappa shape index (κ3) is 3.01. The number of nitrogens with one attached hydrogen (secondary N) is 1. The summed E-state index contributed by atoms with van der Waals surface area (Å²) >= 11 is 0. The molecule has 0 bridgehead atoms. The van der Waals surface area contributed by atoms with Crippen molar-refractivity contribution < 1.29 is 4.74 Å². The highest BCUT2D eigenvalue weighted by molar-refractivity contribution is 5.03. The van der Waals surface area contributed by atoms with E-state index in [0.29, 0.717) is 0 Å². The molecule has 1 atom stereocenters. The average Bonchev–Trinajstić information content (AvgIpc) is 2.67. The summed E-state index contributed by atoms with van der Waals surface area (Å²) in [6.45, 7) is 4.80. The third-order valence-corrected chi connectivity index (χ3v) is 2.83. The van der Waals surface area contributed by atoms with Gasteiger partial charge in [-0.1, -0.05) is 6.07 Å². The smallest absolute Gasteiger partial charge is 0.0779 e. The Hall–Kier alpha value is -0.930. The predicted octanol–water partition coefficient (Wildman–Crippen LogP) is 1.74. The van der Waals surface area contributed by atoms with Gasteiger partial charge in [0.2, 0.25) is 0 Å². The lowest BCUT2D eigenvalue weighted by Crippen LogP contribution is -2.36. The van der Waals surface area contributed by atoms with Crippen LogP contribution in [0.5, 0.6) is 0 Å². The number of hydrogen-bond donors (Lipinski definition) is 1. The van der Waals surface area contributed by atoms with E-state index in [9.17, 15) is 0 Å². The van der Waals surface area contributed by atoms with Gasteiger partial charge >= 0.3 is 0 Å². The van der Waals surface area contributed by atoms with Crippen molar-refractivity contribution in [1.82, 2.24) is 10.3 Å². The topological polar surface area (TPSA) is 34.2 Å². The molecule has 82 valence electrons. The zero-order chi connectivity index (χ0) is 10.6. The van der Waals surface area contributed by atoms with Gasteiger partial charge in [0.15, 0.2) is 0 Å². The standard InChI is InChI=1S/C12H18N2O/c1-12(6-4-8-15-12)10-13-9-11-5-2-3-7-14-11/h2-3,5,7,13H,4,6,8-10H2,1H3. The molecule has 0 aromatic carbocycles. The monoisotopic (exact) mass is 206 g/mol. The Bertz CT molecular complexity index is 294. The number of nitrogens with zero attached hydrogens (tertiary/aromatic N) is 1. The van der Waals surface area contributed by atoms with Gasteiger partial charge in [-0.05, 0) is 31.9 Å². The lowest BCUT2D eigenvalue weighted by molar-refractivity contribution is 0.0206. The van der Waals surface area contributed by atoms with Gasteiger partial charge < -0.3 is 10.1 Å². The van der Waals surface area contributed by atoms with E-state index in [1.807, 2.05) is 24.4 Å². The van der Waals surface area contributed by atoms with E-state index in [4.69, 9.17) is 4.74 Å². The number of aromatic nitrogens is 1. The largest absolute Gasteiger partial charge is 0.374 e. The molecule has 1 saturated heterocycles. The van der Waals surface area contributed by atoms with Crippen LogP contribution in [0.25, 0.3) is 0 Å². The summed E-state index contributed by atoms with van der Waals surface area (Å²) in [7, 11) is 0. The molecule has 1 aromatic rings. The van der Waals surface area contributed by atoms with Crippen LogP contribution in [-0.4, -0.2) is 23.7 Å². The molecule has 0 radical (unpaired) electrons. The molecule has 0 amide bonds. The van der Waals surface area contributed by atoms with Gasteiger partial charge in [0, 0.05) is 25.9 Å². The molecule has 2 heterocycles. The van der Waals surface area contributed by atoms with Gasteiger partial charge in [-0.15, -0.1) is 0 Å². The van der Waals surface area contributed by atoms with Gasteiger partial charge in [0.1, 0.15) is 0 Å². The van der Waals surface area contributed by atoms with Crippen molar-refractivity contribution in [3.63, 3.8) is 0 Å². The van der Waals surface area contributed by atoms with Crippen molar-refractivity contribution in [3.8, 4) is 0 Å². The van der Waals surface area contributed by atoms with Gasteiger partial charge in [-0.3, -0.25) is 4.98 Å². The number of ether oxygens (including phenoxy) is 1. The Balaban J connectivity index is 1.75. The Morgan fingerprint density at radius 1 is 1.53 bits per heavy atom. The van der Waals surface area contributed by atoms with Crippen molar-refractivity contribution >= 4 is 0 Å². The molecular weight excluding hydrogens is 188 g/mol. The van der Waals surface area contributed by atoms with E-state index in [0.717, 1.165) is 31.8 Å². The molecule has 1 N–H and O–H groups in total. The second kappa shape index (κ2) is 4.73. The highest BCUT2D eigenvalue weighted by Gasteiger charge is 2.28. The van der Waals surface area contributed by atoms with Crippen LogP contribution in [0.1, 0.15) is 25.5 Å². The zero-order valence-electron chi connectivity index (χ0n) is 9.20. The van der Waals surface area contributed by atoms with Crippen LogP contribution >= 0.6 is 0 Å². The highest BCUT2D eigenvalue weighted by Crippen LogP contribution is 2.23. The maximum absolute atomic E-state index is 5.70. The van der Waals surface area contributed by atoms with Crippen molar-refractivity contribution in [3.05, 3.63) is 30.1 Å². The molecule has 1 fully saturated rings. The van der Waals surface area contributed by atoms with Crippen LogP contribution in [0.3, 0.4) is 0 Å². The quantitative estimate of drug-likeness (QED) is 0.814.